The molecule has 4 rings (SSSR count). The number of halogens is 3. The summed E-state index contributed by atoms with van der Waals surface area (Å²) in [6.07, 6.45) is -2.64. The molecule has 0 aliphatic carbocycles. The van der Waals surface area contributed by atoms with Gasteiger partial charge in [-0.15, -0.1) is 11.3 Å². The van der Waals surface area contributed by atoms with Gasteiger partial charge in [0.15, 0.2) is 0 Å². The van der Waals surface area contributed by atoms with Crippen LogP contribution in [0.3, 0.4) is 0 Å². The molecule has 9 nitrogen and oxygen atoms in total. The lowest BCUT2D eigenvalue weighted by Gasteiger charge is -2.23. The average Bonchev–Trinajstić information content (AvgIpc) is 3.39. The summed E-state index contributed by atoms with van der Waals surface area (Å²) in [5.74, 6) is -2.21. The summed E-state index contributed by atoms with van der Waals surface area (Å²) in [4.78, 5) is 27.9. The smallest absolute Gasteiger partial charge is 0.404 e. The zero-order valence-electron chi connectivity index (χ0n) is 18.7. The predicted molar refractivity (Wildman–Crippen MR) is 121 cm³/mol. The molecule has 0 saturated carbocycles. The van der Waals surface area contributed by atoms with E-state index in [4.69, 9.17) is 9.84 Å². The molecule has 3 N–H and O–H groups in total. The number of nitrogens with zero attached hydrogens (tertiary/aromatic N) is 3. The Labute approximate surface area is 201 Å². The zero-order valence-corrected chi connectivity index (χ0v) is 19.5. The number of benzene rings is 1. The Morgan fingerprint density at radius 2 is 1.97 bits per heavy atom. The Morgan fingerprint density at radius 3 is 2.66 bits per heavy atom. The minimum absolute atomic E-state index is 0.0176. The number of carbonyl (C=O) groups excluding carboxylic acids is 1. The van der Waals surface area contributed by atoms with Crippen LogP contribution < -0.4 is 10.6 Å². The Hall–Kier alpha value is -3.45. The van der Waals surface area contributed by atoms with E-state index in [0.29, 0.717) is 11.4 Å². The van der Waals surface area contributed by atoms with Crippen molar-refractivity contribution in [3.63, 3.8) is 0 Å². The molecule has 0 bridgehead atoms. The fourth-order valence-corrected chi connectivity index (χ4v) is 4.88. The van der Waals surface area contributed by atoms with Crippen LogP contribution >= 0.6 is 11.3 Å². The first-order valence-electron chi connectivity index (χ1n) is 10.7. The number of thiazole rings is 1. The van der Waals surface area contributed by atoms with Gasteiger partial charge in [0.05, 0.1) is 35.3 Å². The number of hydrogen-bond donors (Lipinski definition) is 3. The number of rotatable bonds is 5. The van der Waals surface area contributed by atoms with Crippen molar-refractivity contribution in [1.82, 2.24) is 20.1 Å². The van der Waals surface area contributed by atoms with Gasteiger partial charge in [0.2, 0.25) is 0 Å². The normalized spacial score (nSPS) is 22.4. The fourth-order valence-electron chi connectivity index (χ4n) is 4.04. The number of ether oxygens (including phenoxy) is 1. The van der Waals surface area contributed by atoms with Crippen molar-refractivity contribution in [3.8, 4) is 10.6 Å². The molecule has 2 aromatic heterocycles. The van der Waals surface area contributed by atoms with Gasteiger partial charge in [0.25, 0.3) is 5.91 Å². The number of aromatic nitrogens is 3. The molecular formula is C22H22F3N5O4S. The zero-order chi connectivity index (χ0) is 25.3. The predicted octanol–water partition coefficient (Wildman–Crippen LogP) is 4.29. The standard InChI is InChI=1S/C22H22F3N5O4S/c1-10-18(25)13(29-22(32)33)6-7-16(34-10)19-14(8-26-30(19)2)27-20(31)15-9-35-21(28-15)17-11(23)4-3-5-12(17)24/h3-5,8-10,13,16,18,29H,6-7H2,1-2H3,(H,27,31)(H,32,33)/t10?,13-,16+,18-/m1/s1. The minimum atomic E-state index is -1.56. The Bertz CT molecular complexity index is 1230. The van der Waals surface area contributed by atoms with E-state index in [2.05, 4.69) is 20.7 Å². The first-order chi connectivity index (χ1) is 16.7. The average molecular weight is 510 g/mol. The molecule has 186 valence electrons. The quantitative estimate of drug-likeness (QED) is 0.472. The summed E-state index contributed by atoms with van der Waals surface area (Å²) in [7, 11) is 1.63. The third-order valence-corrected chi connectivity index (χ3v) is 6.57. The van der Waals surface area contributed by atoms with Crippen LogP contribution in [-0.4, -0.2) is 50.2 Å². The minimum Gasteiger partial charge on any atom is -0.465 e. The summed E-state index contributed by atoms with van der Waals surface area (Å²) in [5, 5.41) is 19.4. The molecule has 1 aromatic carbocycles. The first kappa shape index (κ1) is 24.7. The molecule has 1 fully saturated rings. The monoisotopic (exact) mass is 509 g/mol. The second-order valence-electron chi connectivity index (χ2n) is 8.06. The van der Waals surface area contributed by atoms with Crippen LogP contribution in [-0.2, 0) is 11.8 Å². The molecule has 1 saturated heterocycles. The Kier molecular flexibility index (Phi) is 7.08. The van der Waals surface area contributed by atoms with Gasteiger partial charge < -0.3 is 20.5 Å². The van der Waals surface area contributed by atoms with Crippen LogP contribution in [0.25, 0.3) is 10.6 Å². The number of hydrogen-bond acceptors (Lipinski definition) is 6. The highest BCUT2D eigenvalue weighted by molar-refractivity contribution is 7.13. The van der Waals surface area contributed by atoms with E-state index in [1.165, 1.54) is 29.2 Å². The van der Waals surface area contributed by atoms with E-state index in [9.17, 15) is 22.8 Å². The second-order valence-corrected chi connectivity index (χ2v) is 8.92. The van der Waals surface area contributed by atoms with Crippen molar-refractivity contribution in [3.05, 3.63) is 52.8 Å². The summed E-state index contributed by atoms with van der Waals surface area (Å²) in [6, 6.07) is 2.51. The van der Waals surface area contributed by atoms with Crippen LogP contribution in [0.1, 0.15) is 42.1 Å². The van der Waals surface area contributed by atoms with Crippen LogP contribution in [0.4, 0.5) is 23.7 Å². The molecule has 0 spiro atoms. The van der Waals surface area contributed by atoms with Crippen LogP contribution in [0.5, 0.6) is 0 Å². The van der Waals surface area contributed by atoms with Crippen molar-refractivity contribution in [2.24, 2.45) is 7.05 Å². The van der Waals surface area contributed by atoms with Crippen molar-refractivity contribution < 1.29 is 32.6 Å². The Balaban J connectivity index is 1.54. The second kappa shape index (κ2) is 10.0. The summed E-state index contributed by atoms with van der Waals surface area (Å²) in [6.45, 7) is 1.51. The molecule has 3 heterocycles. The molecule has 13 heteroatoms. The van der Waals surface area contributed by atoms with Crippen LogP contribution in [0.2, 0.25) is 0 Å². The third-order valence-electron chi connectivity index (χ3n) is 5.71. The maximum atomic E-state index is 14.7. The van der Waals surface area contributed by atoms with Gasteiger partial charge in [-0.25, -0.2) is 22.9 Å². The lowest BCUT2D eigenvalue weighted by atomic mass is 10.0. The van der Waals surface area contributed by atoms with Gasteiger partial charge in [-0.3, -0.25) is 9.48 Å². The number of carbonyl (C=O) groups is 2. The molecule has 1 aliphatic heterocycles. The number of anilines is 1. The highest BCUT2D eigenvalue weighted by atomic mass is 32.1. The van der Waals surface area contributed by atoms with E-state index in [1.54, 1.807) is 7.05 Å². The van der Waals surface area contributed by atoms with Gasteiger partial charge in [0, 0.05) is 12.4 Å². The van der Waals surface area contributed by atoms with Crippen molar-refractivity contribution >= 4 is 29.0 Å². The third kappa shape index (κ3) is 5.15. The number of nitrogens with one attached hydrogen (secondary N) is 2. The van der Waals surface area contributed by atoms with E-state index >= 15 is 0 Å². The van der Waals surface area contributed by atoms with Gasteiger partial charge in [-0.05, 0) is 31.9 Å². The molecular weight excluding hydrogens is 487 g/mol. The van der Waals surface area contributed by atoms with E-state index in [1.807, 2.05) is 0 Å². The summed E-state index contributed by atoms with van der Waals surface area (Å²) in [5.41, 5.74) is 0.391. The molecule has 2 amide bonds. The SMILES string of the molecule is CC1O[C@H](c2c(NC(=O)c3csc(-c4c(F)cccc4F)n3)cnn2C)CC[C@@H](NC(=O)O)[C@@H]1F. The lowest BCUT2D eigenvalue weighted by Crippen LogP contribution is -2.44. The molecule has 1 unspecified atom stereocenters. The van der Waals surface area contributed by atoms with E-state index < -0.39 is 48.1 Å². The molecule has 1 aliphatic rings. The van der Waals surface area contributed by atoms with Crippen molar-refractivity contribution in [1.29, 1.82) is 0 Å². The highest BCUT2D eigenvalue weighted by Gasteiger charge is 2.36. The first-order valence-corrected chi connectivity index (χ1v) is 11.6. The molecule has 35 heavy (non-hydrogen) atoms. The van der Waals surface area contributed by atoms with Crippen molar-refractivity contribution in [2.75, 3.05) is 5.32 Å². The van der Waals surface area contributed by atoms with Gasteiger partial charge in [0.1, 0.15) is 34.6 Å². The maximum absolute atomic E-state index is 14.7. The summed E-state index contributed by atoms with van der Waals surface area (Å²) >= 11 is 0.922. The van der Waals surface area contributed by atoms with Gasteiger partial charge in [-0.1, -0.05) is 6.07 Å². The lowest BCUT2D eigenvalue weighted by molar-refractivity contribution is -0.0377. The molecule has 4 atom stereocenters. The van der Waals surface area contributed by atoms with Crippen LogP contribution in [0.15, 0.2) is 29.8 Å². The largest absolute Gasteiger partial charge is 0.465 e. The molecule has 3 aromatic rings. The maximum Gasteiger partial charge on any atom is 0.404 e. The van der Waals surface area contributed by atoms with Crippen molar-refractivity contribution in [2.45, 2.75) is 44.2 Å². The highest BCUT2D eigenvalue weighted by Crippen LogP contribution is 2.35. The number of amides is 2. The van der Waals surface area contributed by atoms with Gasteiger partial charge >= 0.3 is 6.09 Å². The molecule has 0 radical (unpaired) electrons. The van der Waals surface area contributed by atoms with Crippen LogP contribution in [0, 0.1) is 11.6 Å². The van der Waals surface area contributed by atoms with Gasteiger partial charge in [-0.2, -0.15) is 5.10 Å². The fraction of sp³-hybridized carbons (Fsp3) is 0.364. The topological polar surface area (TPSA) is 118 Å². The number of aryl methyl sites for hydroxylation is 1. The van der Waals surface area contributed by atoms with E-state index in [0.717, 1.165) is 23.5 Å². The number of alkyl halides is 1. The summed E-state index contributed by atoms with van der Waals surface area (Å²) < 4.78 is 50.2. The van der Waals surface area contributed by atoms with E-state index in [-0.39, 0.29) is 29.1 Å². The number of carboxylic acid groups (broad SMARTS) is 1. The Morgan fingerprint density at radius 1 is 1.26 bits per heavy atom.